The van der Waals surface area contributed by atoms with Gasteiger partial charge in [0.2, 0.25) is 0 Å². The lowest BCUT2D eigenvalue weighted by atomic mass is 9.90. The molecule has 0 aromatic carbocycles. The normalized spacial score (nSPS) is 20.2. The average Bonchev–Trinajstić information content (AvgIpc) is 3.10. The first-order chi connectivity index (χ1) is 10.2. The summed E-state index contributed by atoms with van der Waals surface area (Å²) in [5.74, 6) is 1.26. The number of piperidine rings is 1. The van der Waals surface area contributed by atoms with Gasteiger partial charge in [-0.25, -0.2) is 0 Å². The van der Waals surface area contributed by atoms with Gasteiger partial charge in [-0.2, -0.15) is 5.10 Å². The highest BCUT2D eigenvalue weighted by atomic mass is 16.3. The molecule has 2 aromatic rings. The summed E-state index contributed by atoms with van der Waals surface area (Å²) >= 11 is 0. The fourth-order valence-electron chi connectivity index (χ4n) is 3.35. The van der Waals surface area contributed by atoms with Crippen molar-refractivity contribution in [2.75, 3.05) is 13.1 Å². The van der Waals surface area contributed by atoms with Gasteiger partial charge in [-0.15, -0.1) is 0 Å². The number of rotatable bonds is 5. The predicted molar refractivity (Wildman–Crippen MR) is 83.1 cm³/mol. The van der Waals surface area contributed by atoms with Crippen molar-refractivity contribution in [3.05, 3.63) is 41.6 Å². The summed E-state index contributed by atoms with van der Waals surface area (Å²) in [5.41, 5.74) is 4.03. The first-order valence-corrected chi connectivity index (χ1v) is 7.98. The number of hydrogen-bond donors (Lipinski definition) is 1. The fourth-order valence-corrected chi connectivity index (χ4v) is 3.35. The van der Waals surface area contributed by atoms with Crippen LogP contribution in [-0.4, -0.2) is 28.2 Å². The van der Waals surface area contributed by atoms with Crippen LogP contribution >= 0.6 is 0 Å². The van der Waals surface area contributed by atoms with Crippen molar-refractivity contribution in [1.82, 2.24) is 15.1 Å². The zero-order valence-electron chi connectivity index (χ0n) is 13.0. The molecule has 3 heterocycles. The van der Waals surface area contributed by atoms with Crippen LogP contribution in [0.2, 0.25) is 0 Å². The largest absolute Gasteiger partial charge is 0.472 e. The van der Waals surface area contributed by atoms with E-state index in [0.29, 0.717) is 11.8 Å². The Labute approximate surface area is 126 Å². The molecule has 114 valence electrons. The van der Waals surface area contributed by atoms with Crippen LogP contribution < -0.4 is 0 Å². The van der Waals surface area contributed by atoms with Crippen molar-refractivity contribution in [2.24, 2.45) is 5.92 Å². The summed E-state index contributed by atoms with van der Waals surface area (Å²) in [7, 11) is 0. The molecule has 0 bridgehead atoms. The van der Waals surface area contributed by atoms with Gasteiger partial charge in [-0.1, -0.05) is 13.8 Å². The van der Waals surface area contributed by atoms with Gasteiger partial charge in [0.25, 0.3) is 0 Å². The summed E-state index contributed by atoms with van der Waals surface area (Å²) in [6, 6.07) is 2.06. The van der Waals surface area contributed by atoms with Crippen molar-refractivity contribution in [1.29, 1.82) is 0 Å². The van der Waals surface area contributed by atoms with Crippen LogP contribution in [0.1, 0.15) is 49.4 Å². The standard InChI is InChI=1S/C17H25N3O/c1-13(2)8-16-9-18-19-17(16)15-4-3-6-20(11-15)10-14-5-7-21-12-14/h5,7,9,12-13,15H,3-4,6,8,10-11H2,1-2H3,(H,18,19)/t15-/m1/s1. The molecule has 1 aliphatic heterocycles. The highest BCUT2D eigenvalue weighted by Crippen LogP contribution is 2.29. The van der Waals surface area contributed by atoms with Crippen molar-refractivity contribution < 1.29 is 4.42 Å². The smallest absolute Gasteiger partial charge is 0.0947 e. The highest BCUT2D eigenvalue weighted by Gasteiger charge is 2.25. The molecule has 2 aromatic heterocycles. The van der Waals surface area contributed by atoms with Gasteiger partial charge in [0, 0.05) is 30.3 Å². The second-order valence-corrected chi connectivity index (χ2v) is 6.61. The van der Waals surface area contributed by atoms with Crippen molar-refractivity contribution in [2.45, 2.75) is 45.6 Å². The topological polar surface area (TPSA) is 45.1 Å². The van der Waals surface area contributed by atoms with Crippen molar-refractivity contribution >= 4 is 0 Å². The van der Waals surface area contributed by atoms with Crippen LogP contribution in [0.4, 0.5) is 0 Å². The minimum atomic E-state index is 0.585. The van der Waals surface area contributed by atoms with Crippen LogP contribution in [0.3, 0.4) is 0 Å². The number of H-pyrrole nitrogens is 1. The predicted octanol–water partition coefficient (Wildman–Crippen LogP) is 3.58. The number of aromatic nitrogens is 2. The number of nitrogens with one attached hydrogen (secondary N) is 1. The SMILES string of the molecule is CC(C)Cc1cn[nH]c1[C@@H]1CCCN(Cc2ccoc2)C1. The Morgan fingerprint density at radius 1 is 1.48 bits per heavy atom. The quantitative estimate of drug-likeness (QED) is 0.914. The molecule has 0 saturated carbocycles. The lowest BCUT2D eigenvalue weighted by molar-refractivity contribution is 0.197. The number of nitrogens with zero attached hydrogens (tertiary/aromatic N) is 2. The number of furan rings is 1. The van der Waals surface area contributed by atoms with Crippen LogP contribution in [0.15, 0.2) is 29.2 Å². The van der Waals surface area contributed by atoms with E-state index < -0.39 is 0 Å². The van der Waals surface area contributed by atoms with Gasteiger partial charge in [-0.3, -0.25) is 10.00 Å². The van der Waals surface area contributed by atoms with Crippen LogP contribution in [-0.2, 0) is 13.0 Å². The van der Waals surface area contributed by atoms with E-state index in [1.165, 1.54) is 36.2 Å². The number of hydrogen-bond acceptors (Lipinski definition) is 3. The summed E-state index contributed by atoms with van der Waals surface area (Å²) in [5, 5.41) is 7.56. The Kier molecular flexibility index (Phi) is 4.44. The van der Waals surface area contributed by atoms with E-state index in [1.807, 2.05) is 12.5 Å². The average molecular weight is 287 g/mol. The van der Waals surface area contributed by atoms with Crippen molar-refractivity contribution in [3.8, 4) is 0 Å². The van der Waals surface area contributed by atoms with E-state index in [0.717, 1.165) is 19.5 Å². The summed E-state index contributed by atoms with van der Waals surface area (Å²) in [6.07, 6.45) is 9.25. The molecular formula is C17H25N3O. The molecule has 1 fully saturated rings. The van der Waals surface area contributed by atoms with Crippen LogP contribution in [0, 0.1) is 5.92 Å². The molecule has 0 aliphatic carbocycles. The van der Waals surface area contributed by atoms with Gasteiger partial charge in [-0.05, 0) is 43.4 Å². The molecule has 4 nitrogen and oxygen atoms in total. The zero-order valence-corrected chi connectivity index (χ0v) is 13.0. The van der Waals surface area contributed by atoms with Crippen LogP contribution in [0.25, 0.3) is 0 Å². The summed E-state index contributed by atoms with van der Waals surface area (Å²) in [4.78, 5) is 2.53. The maximum absolute atomic E-state index is 5.18. The third-order valence-electron chi connectivity index (χ3n) is 4.28. The molecule has 4 heteroatoms. The number of aromatic amines is 1. The fraction of sp³-hybridized carbons (Fsp3) is 0.588. The zero-order chi connectivity index (χ0) is 14.7. The number of likely N-dealkylation sites (tertiary alicyclic amines) is 1. The molecule has 0 unspecified atom stereocenters. The monoisotopic (exact) mass is 287 g/mol. The first kappa shape index (κ1) is 14.4. The maximum atomic E-state index is 5.18. The second kappa shape index (κ2) is 6.48. The Morgan fingerprint density at radius 3 is 3.14 bits per heavy atom. The first-order valence-electron chi connectivity index (χ1n) is 7.98. The second-order valence-electron chi connectivity index (χ2n) is 6.61. The Bertz CT molecular complexity index is 544. The van der Waals surface area contributed by atoms with E-state index in [1.54, 1.807) is 6.26 Å². The van der Waals surface area contributed by atoms with Gasteiger partial charge in [0.15, 0.2) is 0 Å². The molecule has 1 aliphatic rings. The molecule has 0 amide bonds. The Hall–Kier alpha value is -1.55. The highest BCUT2D eigenvalue weighted by molar-refractivity contribution is 5.22. The minimum absolute atomic E-state index is 0.585. The maximum Gasteiger partial charge on any atom is 0.0947 e. The van der Waals surface area contributed by atoms with E-state index in [-0.39, 0.29) is 0 Å². The molecular weight excluding hydrogens is 262 g/mol. The van der Waals surface area contributed by atoms with E-state index in [4.69, 9.17) is 4.42 Å². The minimum Gasteiger partial charge on any atom is -0.472 e. The van der Waals surface area contributed by atoms with Gasteiger partial charge >= 0.3 is 0 Å². The molecule has 1 saturated heterocycles. The molecule has 1 N–H and O–H groups in total. The van der Waals surface area contributed by atoms with Gasteiger partial charge in [0.05, 0.1) is 18.7 Å². The summed E-state index contributed by atoms with van der Waals surface area (Å²) in [6.45, 7) is 7.81. The van der Waals surface area contributed by atoms with Gasteiger partial charge in [0.1, 0.15) is 0 Å². The summed E-state index contributed by atoms with van der Waals surface area (Å²) < 4.78 is 5.18. The third kappa shape index (κ3) is 3.56. The lowest BCUT2D eigenvalue weighted by Gasteiger charge is -2.32. The van der Waals surface area contributed by atoms with Crippen LogP contribution in [0.5, 0.6) is 0 Å². The third-order valence-corrected chi connectivity index (χ3v) is 4.28. The Morgan fingerprint density at radius 2 is 2.38 bits per heavy atom. The van der Waals surface area contributed by atoms with E-state index >= 15 is 0 Å². The van der Waals surface area contributed by atoms with Gasteiger partial charge < -0.3 is 4.42 Å². The van der Waals surface area contributed by atoms with Crippen molar-refractivity contribution in [3.63, 3.8) is 0 Å². The molecule has 1 atom stereocenters. The molecule has 3 rings (SSSR count). The van der Waals surface area contributed by atoms with E-state index in [9.17, 15) is 0 Å². The van der Waals surface area contributed by atoms with E-state index in [2.05, 4.69) is 35.0 Å². The molecule has 0 radical (unpaired) electrons. The Balaban J connectivity index is 1.67. The lowest BCUT2D eigenvalue weighted by Crippen LogP contribution is -2.34. The molecule has 0 spiro atoms. The molecule has 21 heavy (non-hydrogen) atoms.